The monoisotopic (exact) mass is 386 g/mol. The van der Waals surface area contributed by atoms with Crippen molar-refractivity contribution in [3.8, 4) is 0 Å². The average Bonchev–Trinajstić information content (AvgIpc) is 2.69. The minimum atomic E-state index is 0.804. The SMILES string of the molecule is CSc1ccc(C=NN(C)CCN(C)N=Cc2ccc(SC)cc2)cc1. The molecular weight excluding hydrogens is 360 g/mol. The van der Waals surface area contributed by atoms with Crippen LogP contribution in [-0.4, -0.2) is 62.1 Å². The third-order valence-electron chi connectivity index (χ3n) is 3.79. The highest BCUT2D eigenvalue weighted by molar-refractivity contribution is 7.98. The third-order valence-corrected chi connectivity index (χ3v) is 5.27. The van der Waals surface area contributed by atoms with E-state index in [0.29, 0.717) is 0 Å². The Morgan fingerprint density at radius 1 is 0.692 bits per heavy atom. The fourth-order valence-electron chi connectivity index (χ4n) is 2.12. The van der Waals surface area contributed by atoms with Crippen molar-refractivity contribution in [1.82, 2.24) is 10.0 Å². The zero-order chi connectivity index (χ0) is 18.8. The van der Waals surface area contributed by atoms with Crippen LogP contribution < -0.4 is 0 Å². The number of nitrogens with zero attached hydrogens (tertiary/aromatic N) is 4. The van der Waals surface area contributed by atoms with Crippen LogP contribution in [0.3, 0.4) is 0 Å². The molecule has 0 saturated heterocycles. The van der Waals surface area contributed by atoms with E-state index < -0.39 is 0 Å². The van der Waals surface area contributed by atoms with Gasteiger partial charge in [-0.3, -0.25) is 10.0 Å². The lowest BCUT2D eigenvalue weighted by molar-refractivity contribution is 0.272. The number of likely N-dealkylation sites (N-methyl/N-ethyl adjacent to an activating group) is 2. The van der Waals surface area contributed by atoms with Crippen molar-refractivity contribution in [3.63, 3.8) is 0 Å². The van der Waals surface area contributed by atoms with E-state index >= 15 is 0 Å². The first-order valence-electron chi connectivity index (χ1n) is 8.39. The Morgan fingerprint density at radius 3 is 1.35 bits per heavy atom. The number of rotatable bonds is 9. The van der Waals surface area contributed by atoms with Gasteiger partial charge >= 0.3 is 0 Å². The lowest BCUT2D eigenvalue weighted by atomic mass is 10.2. The lowest BCUT2D eigenvalue weighted by Gasteiger charge is -2.17. The van der Waals surface area contributed by atoms with E-state index in [1.54, 1.807) is 23.5 Å². The summed E-state index contributed by atoms with van der Waals surface area (Å²) in [4.78, 5) is 2.52. The first kappa shape index (κ1) is 20.4. The number of hydrazone groups is 2. The molecule has 4 nitrogen and oxygen atoms in total. The van der Waals surface area contributed by atoms with Gasteiger partial charge in [0, 0.05) is 23.9 Å². The molecule has 0 aliphatic rings. The van der Waals surface area contributed by atoms with E-state index in [-0.39, 0.29) is 0 Å². The minimum absolute atomic E-state index is 0.804. The van der Waals surface area contributed by atoms with Crippen LogP contribution in [0, 0.1) is 0 Å². The summed E-state index contributed by atoms with van der Waals surface area (Å²) in [6.45, 7) is 1.61. The normalized spacial score (nSPS) is 11.4. The van der Waals surface area contributed by atoms with Crippen LogP contribution in [0.25, 0.3) is 0 Å². The summed E-state index contributed by atoms with van der Waals surface area (Å²) >= 11 is 3.49. The molecule has 0 fully saturated rings. The smallest absolute Gasteiger partial charge is 0.0549 e. The van der Waals surface area contributed by atoms with Crippen LogP contribution >= 0.6 is 23.5 Å². The summed E-state index contributed by atoms with van der Waals surface area (Å²) in [6.07, 6.45) is 7.94. The number of benzene rings is 2. The predicted octanol–water partition coefficient (Wildman–Crippen LogP) is 4.36. The summed E-state index contributed by atoms with van der Waals surface area (Å²) in [5, 5.41) is 12.8. The molecule has 6 heteroatoms. The molecule has 0 amide bonds. The molecule has 0 spiro atoms. The summed E-state index contributed by atoms with van der Waals surface area (Å²) < 4.78 is 0. The maximum absolute atomic E-state index is 4.48. The van der Waals surface area contributed by atoms with Gasteiger partial charge < -0.3 is 0 Å². The molecule has 2 aromatic rings. The number of hydrogen-bond donors (Lipinski definition) is 0. The van der Waals surface area contributed by atoms with Crippen molar-refractivity contribution in [2.45, 2.75) is 9.79 Å². The average molecular weight is 387 g/mol. The molecule has 0 bridgehead atoms. The zero-order valence-electron chi connectivity index (χ0n) is 15.8. The Kier molecular flexibility index (Phi) is 8.58. The Bertz CT molecular complexity index is 648. The Labute approximate surface area is 165 Å². The number of thioether (sulfide) groups is 2. The van der Waals surface area contributed by atoms with Gasteiger partial charge in [0.2, 0.25) is 0 Å². The van der Waals surface area contributed by atoms with Crippen molar-refractivity contribution in [3.05, 3.63) is 59.7 Å². The summed E-state index contributed by atoms with van der Waals surface area (Å²) in [7, 11) is 3.96. The summed E-state index contributed by atoms with van der Waals surface area (Å²) in [5.74, 6) is 0. The van der Waals surface area contributed by atoms with Crippen molar-refractivity contribution in [2.75, 3.05) is 39.7 Å². The Balaban J connectivity index is 1.77. The van der Waals surface area contributed by atoms with Gasteiger partial charge in [0.1, 0.15) is 0 Å². The van der Waals surface area contributed by atoms with E-state index in [4.69, 9.17) is 0 Å². The molecule has 0 unspecified atom stereocenters. The minimum Gasteiger partial charge on any atom is -0.298 e. The molecule has 0 atom stereocenters. The highest BCUT2D eigenvalue weighted by Gasteiger charge is 1.98. The quantitative estimate of drug-likeness (QED) is 0.364. The molecule has 0 aliphatic carbocycles. The van der Waals surface area contributed by atoms with Crippen molar-refractivity contribution in [1.29, 1.82) is 0 Å². The van der Waals surface area contributed by atoms with Crippen LogP contribution in [0.5, 0.6) is 0 Å². The van der Waals surface area contributed by atoms with Crippen LogP contribution in [-0.2, 0) is 0 Å². The van der Waals surface area contributed by atoms with Gasteiger partial charge in [-0.1, -0.05) is 24.3 Å². The highest BCUT2D eigenvalue weighted by atomic mass is 32.2. The van der Waals surface area contributed by atoms with E-state index in [1.807, 2.05) is 36.5 Å². The third kappa shape index (κ3) is 7.14. The molecule has 2 rings (SSSR count). The molecule has 0 heterocycles. The first-order chi connectivity index (χ1) is 12.6. The largest absolute Gasteiger partial charge is 0.298 e. The highest BCUT2D eigenvalue weighted by Crippen LogP contribution is 2.14. The molecule has 138 valence electrons. The topological polar surface area (TPSA) is 31.2 Å². The molecule has 26 heavy (non-hydrogen) atoms. The Morgan fingerprint density at radius 2 is 1.04 bits per heavy atom. The van der Waals surface area contributed by atoms with Gasteiger partial charge in [-0.25, -0.2) is 0 Å². The molecule has 0 aliphatic heterocycles. The van der Waals surface area contributed by atoms with E-state index in [0.717, 1.165) is 24.2 Å². The fourth-order valence-corrected chi connectivity index (χ4v) is 2.93. The maximum atomic E-state index is 4.48. The van der Waals surface area contributed by atoms with E-state index in [9.17, 15) is 0 Å². The zero-order valence-corrected chi connectivity index (χ0v) is 17.4. The van der Waals surface area contributed by atoms with Gasteiger partial charge in [0.15, 0.2) is 0 Å². The van der Waals surface area contributed by atoms with Crippen LogP contribution in [0.1, 0.15) is 11.1 Å². The second-order valence-corrected chi connectivity index (χ2v) is 7.56. The van der Waals surface area contributed by atoms with E-state index in [1.165, 1.54) is 9.79 Å². The first-order valence-corrected chi connectivity index (χ1v) is 10.8. The van der Waals surface area contributed by atoms with Crippen molar-refractivity contribution in [2.24, 2.45) is 10.2 Å². The lowest BCUT2D eigenvalue weighted by Crippen LogP contribution is -2.25. The molecule has 0 radical (unpaired) electrons. The molecule has 0 N–H and O–H groups in total. The van der Waals surface area contributed by atoms with Gasteiger partial charge in [-0.2, -0.15) is 10.2 Å². The van der Waals surface area contributed by atoms with Crippen LogP contribution in [0.15, 0.2) is 68.5 Å². The van der Waals surface area contributed by atoms with Gasteiger partial charge in [-0.05, 0) is 47.9 Å². The van der Waals surface area contributed by atoms with Gasteiger partial charge in [0.05, 0.1) is 25.5 Å². The Hall–Kier alpha value is -1.92. The second kappa shape index (κ2) is 10.9. The molecule has 0 aromatic heterocycles. The molecule has 0 saturated carbocycles. The second-order valence-electron chi connectivity index (χ2n) is 5.80. The van der Waals surface area contributed by atoms with Crippen molar-refractivity contribution < 1.29 is 0 Å². The standard InChI is InChI=1S/C20H26N4S2/c1-23(21-15-17-5-9-19(25-3)10-6-17)13-14-24(2)22-16-18-7-11-20(26-4)12-8-18/h5-12,15-16H,13-14H2,1-4H3. The molecule has 2 aromatic carbocycles. The molecular formula is C20H26N4S2. The number of hydrogen-bond acceptors (Lipinski definition) is 6. The van der Waals surface area contributed by atoms with Crippen LogP contribution in [0.4, 0.5) is 0 Å². The van der Waals surface area contributed by atoms with E-state index in [2.05, 4.69) is 71.2 Å². The maximum Gasteiger partial charge on any atom is 0.0549 e. The summed E-state index contributed by atoms with van der Waals surface area (Å²) in [6, 6.07) is 16.8. The van der Waals surface area contributed by atoms with Crippen molar-refractivity contribution >= 4 is 36.0 Å². The fraction of sp³-hybridized carbons (Fsp3) is 0.300. The summed E-state index contributed by atoms with van der Waals surface area (Å²) in [5.41, 5.74) is 2.21. The van der Waals surface area contributed by atoms with Crippen LogP contribution in [0.2, 0.25) is 0 Å². The van der Waals surface area contributed by atoms with Gasteiger partial charge in [-0.15, -0.1) is 23.5 Å². The predicted molar refractivity (Wildman–Crippen MR) is 117 cm³/mol. The van der Waals surface area contributed by atoms with Gasteiger partial charge in [0.25, 0.3) is 0 Å².